The quantitative estimate of drug-likeness (QED) is 0.471. The van der Waals surface area contributed by atoms with Gasteiger partial charge >= 0.3 is 0 Å². The Morgan fingerprint density at radius 1 is 1.86 bits per heavy atom. The first-order valence-corrected chi connectivity index (χ1v) is 2.87. The van der Waals surface area contributed by atoms with Crippen LogP contribution < -0.4 is 0 Å². The van der Waals surface area contributed by atoms with Crippen LogP contribution in [0.5, 0.6) is 0 Å². The average molecular weight is 95.2 g/mol. The molecule has 7 heavy (non-hydrogen) atoms. The lowest BCUT2D eigenvalue weighted by Gasteiger charge is -1.84. The first kappa shape index (κ1) is 4.89. The van der Waals surface area contributed by atoms with Crippen molar-refractivity contribution in [1.29, 1.82) is 0 Å². The first-order chi connectivity index (χ1) is 3.43. The van der Waals surface area contributed by atoms with E-state index in [0.29, 0.717) is 0 Å². The molecule has 0 N–H and O–H groups in total. The summed E-state index contributed by atoms with van der Waals surface area (Å²) in [6.07, 6.45) is 8.23. The van der Waals surface area contributed by atoms with Gasteiger partial charge in [0.1, 0.15) is 0 Å². The summed E-state index contributed by atoms with van der Waals surface area (Å²) in [6.45, 7) is 3.65. The summed E-state index contributed by atoms with van der Waals surface area (Å²) < 4.78 is 0. The Kier molecular flexibility index (Phi) is 1.50. The lowest BCUT2D eigenvalue weighted by Crippen LogP contribution is -1.70. The van der Waals surface area contributed by atoms with E-state index in [1.165, 1.54) is 19.3 Å². The highest BCUT2D eigenvalue weighted by Crippen LogP contribution is 2.31. The fourth-order valence-corrected chi connectivity index (χ4v) is 0.664. The van der Waals surface area contributed by atoms with E-state index in [1.807, 2.05) is 6.08 Å². The van der Waals surface area contributed by atoms with E-state index in [2.05, 4.69) is 13.0 Å². The van der Waals surface area contributed by atoms with Crippen molar-refractivity contribution in [2.45, 2.75) is 19.3 Å². The maximum Gasteiger partial charge on any atom is -0.0351 e. The van der Waals surface area contributed by atoms with E-state index < -0.39 is 0 Å². The highest BCUT2D eigenvalue weighted by atomic mass is 14.2. The molecule has 0 spiro atoms. The smallest absolute Gasteiger partial charge is 0.0351 e. The summed E-state index contributed by atoms with van der Waals surface area (Å²) in [5.74, 6) is 0.956. The highest BCUT2D eigenvalue weighted by molar-refractivity contribution is 4.95. The lowest BCUT2D eigenvalue weighted by molar-refractivity contribution is 0.764. The Labute approximate surface area is 45.2 Å². The number of hydrogen-bond acceptors (Lipinski definition) is 0. The molecule has 1 rings (SSSR count). The van der Waals surface area contributed by atoms with Crippen molar-refractivity contribution in [3.8, 4) is 0 Å². The van der Waals surface area contributed by atoms with Crippen LogP contribution in [0.15, 0.2) is 12.7 Å². The molecule has 0 nitrogen and oxygen atoms in total. The van der Waals surface area contributed by atoms with E-state index in [1.54, 1.807) is 0 Å². The van der Waals surface area contributed by atoms with Gasteiger partial charge in [0.25, 0.3) is 0 Å². The van der Waals surface area contributed by atoms with Gasteiger partial charge < -0.3 is 0 Å². The molecule has 0 bridgehead atoms. The predicted molar refractivity (Wildman–Crippen MR) is 31.8 cm³/mol. The zero-order chi connectivity index (χ0) is 5.11. The van der Waals surface area contributed by atoms with Crippen LogP contribution in [0.2, 0.25) is 0 Å². The molecule has 39 valence electrons. The summed E-state index contributed by atoms with van der Waals surface area (Å²) in [6, 6.07) is 0. The standard InChI is InChI=1S/C7H11/c1-2-3-4-7-5-6-7/h2,5,7H,1,3-4,6H2. The molecule has 1 unspecified atom stereocenters. The molecule has 1 atom stereocenters. The van der Waals surface area contributed by atoms with Gasteiger partial charge in [-0.15, -0.1) is 6.58 Å². The van der Waals surface area contributed by atoms with Crippen molar-refractivity contribution in [3.63, 3.8) is 0 Å². The Morgan fingerprint density at radius 2 is 2.57 bits per heavy atom. The topological polar surface area (TPSA) is 0 Å². The minimum absolute atomic E-state index is 0.956. The second-order valence-electron chi connectivity index (χ2n) is 2.10. The third-order valence-electron chi connectivity index (χ3n) is 1.31. The Hall–Kier alpha value is -0.260. The van der Waals surface area contributed by atoms with Crippen LogP contribution in [-0.4, -0.2) is 0 Å². The van der Waals surface area contributed by atoms with Gasteiger partial charge in [0.05, 0.1) is 0 Å². The minimum Gasteiger partial charge on any atom is -0.103 e. The molecule has 1 radical (unpaired) electrons. The summed E-state index contributed by atoms with van der Waals surface area (Å²) in [5.41, 5.74) is 0. The monoisotopic (exact) mass is 95.1 g/mol. The first-order valence-electron chi connectivity index (χ1n) is 2.87. The van der Waals surface area contributed by atoms with E-state index >= 15 is 0 Å². The molecule has 1 fully saturated rings. The van der Waals surface area contributed by atoms with Gasteiger partial charge in [-0.2, -0.15) is 0 Å². The number of rotatable bonds is 3. The van der Waals surface area contributed by atoms with Crippen LogP contribution in [0.3, 0.4) is 0 Å². The van der Waals surface area contributed by atoms with Crippen molar-refractivity contribution in [3.05, 3.63) is 19.1 Å². The maximum atomic E-state index is 3.65. The van der Waals surface area contributed by atoms with Crippen LogP contribution in [0.25, 0.3) is 0 Å². The molecule has 0 saturated heterocycles. The van der Waals surface area contributed by atoms with Crippen molar-refractivity contribution >= 4 is 0 Å². The van der Waals surface area contributed by atoms with E-state index in [0.717, 1.165) is 5.92 Å². The molecule has 0 aromatic rings. The van der Waals surface area contributed by atoms with Crippen LogP contribution in [0.4, 0.5) is 0 Å². The summed E-state index contributed by atoms with van der Waals surface area (Å²) in [4.78, 5) is 0. The second kappa shape index (κ2) is 2.15. The van der Waals surface area contributed by atoms with Crippen molar-refractivity contribution in [1.82, 2.24) is 0 Å². The van der Waals surface area contributed by atoms with Crippen LogP contribution in [0.1, 0.15) is 19.3 Å². The lowest BCUT2D eigenvalue weighted by atomic mass is 10.2. The van der Waals surface area contributed by atoms with Gasteiger partial charge in [-0.3, -0.25) is 0 Å². The molecule has 0 aromatic carbocycles. The summed E-state index contributed by atoms with van der Waals surface area (Å²) >= 11 is 0. The Morgan fingerprint density at radius 3 is 3.00 bits per heavy atom. The van der Waals surface area contributed by atoms with Gasteiger partial charge in [0.15, 0.2) is 0 Å². The van der Waals surface area contributed by atoms with Gasteiger partial charge in [-0.05, 0) is 31.6 Å². The van der Waals surface area contributed by atoms with E-state index in [9.17, 15) is 0 Å². The number of hydrogen-bond donors (Lipinski definition) is 0. The SMILES string of the molecule is C=CCCC1[CH]C1. The van der Waals surface area contributed by atoms with Crippen LogP contribution >= 0.6 is 0 Å². The molecule has 0 aliphatic heterocycles. The largest absolute Gasteiger partial charge is 0.103 e. The Balaban J connectivity index is 1.88. The zero-order valence-corrected chi connectivity index (χ0v) is 4.56. The zero-order valence-electron chi connectivity index (χ0n) is 4.56. The van der Waals surface area contributed by atoms with E-state index in [4.69, 9.17) is 0 Å². The molecule has 1 aliphatic rings. The molecule has 0 aromatic heterocycles. The van der Waals surface area contributed by atoms with Crippen molar-refractivity contribution in [2.24, 2.45) is 5.92 Å². The fraction of sp³-hybridized carbons (Fsp3) is 0.571. The average Bonchev–Trinajstić information content (AvgIpc) is 2.42. The van der Waals surface area contributed by atoms with Crippen LogP contribution in [-0.2, 0) is 0 Å². The second-order valence-corrected chi connectivity index (χ2v) is 2.10. The minimum atomic E-state index is 0.956. The Bertz CT molecular complexity index is 60.4. The highest BCUT2D eigenvalue weighted by Gasteiger charge is 2.19. The number of allylic oxidation sites excluding steroid dienone is 1. The maximum absolute atomic E-state index is 3.65. The van der Waals surface area contributed by atoms with Gasteiger partial charge in [0.2, 0.25) is 0 Å². The van der Waals surface area contributed by atoms with Crippen molar-refractivity contribution < 1.29 is 0 Å². The molecule has 0 amide bonds. The van der Waals surface area contributed by atoms with Crippen LogP contribution in [0, 0.1) is 12.3 Å². The molecule has 1 saturated carbocycles. The van der Waals surface area contributed by atoms with Gasteiger partial charge in [-0.25, -0.2) is 0 Å². The predicted octanol–water partition coefficient (Wildman–Crippen LogP) is 2.18. The van der Waals surface area contributed by atoms with E-state index in [-0.39, 0.29) is 0 Å². The normalized spacial score (nSPS) is 19.4. The third kappa shape index (κ3) is 1.77. The molecule has 0 heteroatoms. The van der Waals surface area contributed by atoms with Crippen molar-refractivity contribution in [2.75, 3.05) is 0 Å². The third-order valence-corrected chi connectivity index (χ3v) is 1.31. The van der Waals surface area contributed by atoms with Gasteiger partial charge in [-0.1, -0.05) is 6.08 Å². The summed E-state index contributed by atoms with van der Waals surface area (Å²) in [7, 11) is 0. The molecular formula is C7H11. The molecular weight excluding hydrogens is 84.1 g/mol. The molecule has 1 aliphatic carbocycles. The van der Waals surface area contributed by atoms with Gasteiger partial charge in [0, 0.05) is 0 Å². The fourth-order valence-electron chi connectivity index (χ4n) is 0.664. The molecule has 0 heterocycles. The summed E-state index contributed by atoms with van der Waals surface area (Å²) in [5, 5.41) is 0.